The molecule has 2 atom stereocenters. The number of para-hydroxylation sites is 1. The summed E-state index contributed by atoms with van der Waals surface area (Å²) in [6.45, 7) is 2.61. The Bertz CT molecular complexity index is 781. The lowest BCUT2D eigenvalue weighted by atomic mass is 9.83. The number of ether oxygens (including phenoxy) is 1. The summed E-state index contributed by atoms with van der Waals surface area (Å²) in [7, 11) is 1.86. The van der Waals surface area contributed by atoms with Gasteiger partial charge in [0.15, 0.2) is 0 Å². The van der Waals surface area contributed by atoms with Crippen LogP contribution in [0.5, 0.6) is 5.75 Å². The van der Waals surface area contributed by atoms with Crippen LogP contribution in [0.25, 0.3) is 0 Å². The van der Waals surface area contributed by atoms with Gasteiger partial charge in [-0.05, 0) is 25.8 Å². The molecule has 0 bridgehead atoms. The van der Waals surface area contributed by atoms with Crippen molar-refractivity contribution in [1.82, 2.24) is 15.1 Å². The van der Waals surface area contributed by atoms with Gasteiger partial charge in [-0.25, -0.2) is 4.79 Å². The van der Waals surface area contributed by atoms with Crippen molar-refractivity contribution in [3.05, 3.63) is 41.6 Å². The highest BCUT2D eigenvalue weighted by Crippen LogP contribution is 2.37. The third-order valence-electron chi connectivity index (χ3n) is 5.36. The highest BCUT2D eigenvalue weighted by Gasteiger charge is 2.30. The Morgan fingerprint density at radius 2 is 2.16 bits per heavy atom. The number of rotatable bonds is 4. The Morgan fingerprint density at radius 3 is 2.92 bits per heavy atom. The van der Waals surface area contributed by atoms with Gasteiger partial charge in [-0.2, -0.15) is 5.10 Å². The van der Waals surface area contributed by atoms with Gasteiger partial charge in [0, 0.05) is 36.6 Å². The van der Waals surface area contributed by atoms with Crippen molar-refractivity contribution in [2.45, 2.75) is 44.1 Å². The number of fused-ring (bicyclic) bond motifs is 1. The number of urea groups is 1. The average molecular weight is 340 g/mol. The summed E-state index contributed by atoms with van der Waals surface area (Å²) in [6.07, 6.45) is 3.66. The molecule has 25 heavy (non-hydrogen) atoms. The summed E-state index contributed by atoms with van der Waals surface area (Å²) in [5.41, 5.74) is 2.23. The molecule has 6 nitrogen and oxygen atoms in total. The average Bonchev–Trinajstić information content (AvgIpc) is 3.10. The van der Waals surface area contributed by atoms with Crippen LogP contribution in [0.1, 0.15) is 49.3 Å². The first-order valence-corrected chi connectivity index (χ1v) is 8.95. The molecule has 1 saturated carbocycles. The molecule has 2 N–H and O–H groups in total. The molecule has 1 aromatic heterocycles. The molecule has 2 heterocycles. The molecule has 1 aliphatic carbocycles. The Kier molecular flexibility index (Phi) is 4.11. The van der Waals surface area contributed by atoms with Gasteiger partial charge < -0.3 is 10.1 Å². The van der Waals surface area contributed by atoms with Crippen LogP contribution in [0.15, 0.2) is 30.3 Å². The van der Waals surface area contributed by atoms with Crippen molar-refractivity contribution in [3.8, 4) is 5.75 Å². The van der Waals surface area contributed by atoms with Gasteiger partial charge in [-0.1, -0.05) is 24.6 Å². The first-order valence-electron chi connectivity index (χ1n) is 8.95. The largest absolute Gasteiger partial charge is 0.493 e. The van der Waals surface area contributed by atoms with Crippen molar-refractivity contribution in [1.29, 1.82) is 0 Å². The zero-order chi connectivity index (χ0) is 17.4. The normalized spacial score (nSPS) is 20.3. The standard InChI is InChI=1S/C19H24N4O2/c1-12(15-11-25-17-9-4-3-8-14(15)17)20-19(24)21-18-10-16(22-23(18)2)13-6-5-7-13/h3-4,8-10,12-13,15H,5-7,11H2,1-2H3,(H2,20,21,24)/t12-,15+/m0/s1. The van der Waals surface area contributed by atoms with E-state index in [1.54, 1.807) is 4.68 Å². The molecule has 0 unspecified atom stereocenters. The fourth-order valence-electron chi connectivity index (χ4n) is 3.57. The molecule has 2 amide bonds. The van der Waals surface area contributed by atoms with E-state index in [0.29, 0.717) is 12.5 Å². The van der Waals surface area contributed by atoms with E-state index in [0.717, 1.165) is 22.8 Å². The van der Waals surface area contributed by atoms with Gasteiger partial charge in [0.05, 0.1) is 12.3 Å². The van der Waals surface area contributed by atoms with Crippen LogP contribution in [-0.4, -0.2) is 28.5 Å². The van der Waals surface area contributed by atoms with Crippen molar-refractivity contribution >= 4 is 11.8 Å². The summed E-state index contributed by atoms with van der Waals surface area (Å²) in [6, 6.07) is 9.76. The smallest absolute Gasteiger partial charge is 0.320 e. The number of benzene rings is 1. The number of hydrogen-bond acceptors (Lipinski definition) is 3. The van der Waals surface area contributed by atoms with Gasteiger partial charge >= 0.3 is 6.03 Å². The number of aromatic nitrogens is 2. The molecule has 0 saturated heterocycles. The van der Waals surface area contributed by atoms with Gasteiger partial charge in [0.2, 0.25) is 0 Å². The summed E-state index contributed by atoms with van der Waals surface area (Å²) in [5, 5.41) is 10.5. The number of anilines is 1. The lowest BCUT2D eigenvalue weighted by Gasteiger charge is -2.22. The third kappa shape index (κ3) is 3.08. The van der Waals surface area contributed by atoms with Crippen LogP contribution in [-0.2, 0) is 7.05 Å². The Balaban J connectivity index is 1.38. The van der Waals surface area contributed by atoms with Crippen molar-refractivity contribution in [2.24, 2.45) is 7.05 Å². The van der Waals surface area contributed by atoms with Gasteiger partial charge in [0.1, 0.15) is 11.6 Å². The molecule has 2 aromatic rings. The molecule has 0 spiro atoms. The SMILES string of the molecule is C[C@H](NC(=O)Nc1cc(C2CCC2)nn1C)[C@H]1COc2ccccc21. The molecule has 2 aliphatic rings. The summed E-state index contributed by atoms with van der Waals surface area (Å²) in [4.78, 5) is 12.4. The summed E-state index contributed by atoms with van der Waals surface area (Å²) < 4.78 is 7.46. The number of carbonyl (C=O) groups excluding carboxylic acids is 1. The molecular weight excluding hydrogens is 316 g/mol. The van der Waals surface area contributed by atoms with E-state index in [1.807, 2.05) is 38.2 Å². The predicted molar refractivity (Wildman–Crippen MR) is 96.1 cm³/mol. The van der Waals surface area contributed by atoms with Crippen LogP contribution < -0.4 is 15.4 Å². The van der Waals surface area contributed by atoms with Gasteiger partial charge in [0.25, 0.3) is 0 Å². The molecular formula is C19H24N4O2. The van der Waals surface area contributed by atoms with Crippen LogP contribution in [0.4, 0.5) is 10.6 Å². The number of nitrogens with one attached hydrogen (secondary N) is 2. The first-order chi connectivity index (χ1) is 12.1. The minimum absolute atomic E-state index is 0.0250. The van der Waals surface area contributed by atoms with E-state index in [1.165, 1.54) is 19.3 Å². The lowest BCUT2D eigenvalue weighted by Crippen LogP contribution is -2.40. The summed E-state index contributed by atoms with van der Waals surface area (Å²) in [5.74, 6) is 2.36. The molecule has 4 rings (SSSR count). The molecule has 132 valence electrons. The highest BCUT2D eigenvalue weighted by atomic mass is 16.5. The zero-order valence-electron chi connectivity index (χ0n) is 14.7. The molecule has 6 heteroatoms. The molecule has 1 aliphatic heterocycles. The van der Waals surface area contributed by atoms with E-state index in [9.17, 15) is 4.79 Å². The Morgan fingerprint density at radius 1 is 1.36 bits per heavy atom. The minimum Gasteiger partial charge on any atom is -0.493 e. The fraction of sp³-hybridized carbons (Fsp3) is 0.474. The van der Waals surface area contributed by atoms with Gasteiger partial charge in [-0.3, -0.25) is 10.00 Å². The number of nitrogens with zero attached hydrogens (tertiary/aromatic N) is 2. The van der Waals surface area contributed by atoms with Crippen LogP contribution in [0, 0.1) is 0 Å². The minimum atomic E-state index is -0.208. The second-order valence-corrected chi connectivity index (χ2v) is 7.05. The number of carbonyl (C=O) groups is 1. The molecule has 1 fully saturated rings. The molecule has 0 radical (unpaired) electrons. The van der Waals surface area contributed by atoms with Crippen molar-refractivity contribution in [3.63, 3.8) is 0 Å². The maximum atomic E-state index is 12.4. The number of hydrogen-bond donors (Lipinski definition) is 2. The molecule has 1 aromatic carbocycles. The Labute approximate surface area is 147 Å². The maximum Gasteiger partial charge on any atom is 0.320 e. The third-order valence-corrected chi connectivity index (χ3v) is 5.36. The van der Waals surface area contributed by atoms with E-state index in [2.05, 4.69) is 21.8 Å². The Hall–Kier alpha value is -2.50. The van der Waals surface area contributed by atoms with E-state index in [4.69, 9.17) is 4.74 Å². The van der Waals surface area contributed by atoms with Crippen molar-refractivity contribution < 1.29 is 9.53 Å². The fourth-order valence-corrected chi connectivity index (χ4v) is 3.57. The second kappa shape index (κ2) is 6.43. The maximum absolute atomic E-state index is 12.4. The predicted octanol–water partition coefficient (Wildman–Crippen LogP) is 3.37. The van der Waals surface area contributed by atoms with Crippen LogP contribution in [0.3, 0.4) is 0 Å². The van der Waals surface area contributed by atoms with E-state index >= 15 is 0 Å². The lowest BCUT2D eigenvalue weighted by molar-refractivity contribution is 0.244. The van der Waals surface area contributed by atoms with E-state index < -0.39 is 0 Å². The monoisotopic (exact) mass is 340 g/mol. The second-order valence-electron chi connectivity index (χ2n) is 7.05. The topological polar surface area (TPSA) is 68.2 Å². The highest BCUT2D eigenvalue weighted by molar-refractivity contribution is 5.88. The number of amides is 2. The van der Waals surface area contributed by atoms with Crippen molar-refractivity contribution in [2.75, 3.05) is 11.9 Å². The zero-order valence-corrected chi connectivity index (χ0v) is 14.7. The van der Waals surface area contributed by atoms with Gasteiger partial charge in [-0.15, -0.1) is 0 Å². The number of aryl methyl sites for hydroxylation is 1. The van der Waals surface area contributed by atoms with Crippen LogP contribution >= 0.6 is 0 Å². The summed E-state index contributed by atoms with van der Waals surface area (Å²) >= 11 is 0. The quantitative estimate of drug-likeness (QED) is 0.896. The van der Waals surface area contributed by atoms with Crippen LogP contribution in [0.2, 0.25) is 0 Å². The first kappa shape index (κ1) is 16.0. The van der Waals surface area contributed by atoms with E-state index in [-0.39, 0.29) is 18.0 Å².